The second-order valence-corrected chi connectivity index (χ2v) is 4.07. The molecule has 0 heterocycles. The van der Waals surface area contributed by atoms with Crippen LogP contribution in [-0.2, 0) is 4.79 Å². The highest BCUT2D eigenvalue weighted by molar-refractivity contribution is 5.80. The van der Waals surface area contributed by atoms with Crippen molar-refractivity contribution in [2.45, 2.75) is 13.0 Å². The van der Waals surface area contributed by atoms with Crippen LogP contribution in [-0.4, -0.2) is 44.2 Å². The minimum atomic E-state index is -0.476. The number of carbonyl (C=O) groups is 1. The molecule has 0 fully saturated rings. The number of amides is 1. The van der Waals surface area contributed by atoms with E-state index in [4.69, 9.17) is 15.2 Å². The molecule has 1 aromatic rings. The van der Waals surface area contributed by atoms with Crippen molar-refractivity contribution in [2.75, 3.05) is 27.3 Å². The summed E-state index contributed by atoms with van der Waals surface area (Å²) in [4.78, 5) is 13.1. The van der Waals surface area contributed by atoms with Crippen LogP contribution in [0.1, 0.15) is 6.92 Å². The summed E-state index contributed by atoms with van der Waals surface area (Å²) in [5.74, 6) is 1.44. The summed E-state index contributed by atoms with van der Waals surface area (Å²) < 4.78 is 10.6. The fourth-order valence-corrected chi connectivity index (χ4v) is 1.43. The molecular formula is C13H20N2O3. The molecule has 0 aliphatic rings. The molecule has 0 spiro atoms. The molecule has 2 N–H and O–H groups in total. The molecule has 5 heteroatoms. The zero-order valence-electron chi connectivity index (χ0n) is 11.1. The van der Waals surface area contributed by atoms with Crippen molar-refractivity contribution in [3.05, 3.63) is 24.3 Å². The number of carbonyl (C=O) groups excluding carboxylic acids is 1. The molecule has 0 saturated heterocycles. The SMILES string of the molecule is COc1ccc(OCCN(C)C(=O)C(C)N)cc1. The number of ether oxygens (including phenoxy) is 2. The zero-order chi connectivity index (χ0) is 13.5. The molecule has 0 aromatic heterocycles. The Hall–Kier alpha value is -1.75. The van der Waals surface area contributed by atoms with Crippen molar-refractivity contribution < 1.29 is 14.3 Å². The van der Waals surface area contributed by atoms with Gasteiger partial charge in [-0.15, -0.1) is 0 Å². The lowest BCUT2D eigenvalue weighted by atomic mass is 10.3. The van der Waals surface area contributed by atoms with E-state index in [2.05, 4.69) is 0 Å². The summed E-state index contributed by atoms with van der Waals surface area (Å²) in [5, 5.41) is 0. The predicted octanol–water partition coefficient (Wildman–Crippen LogP) is 0.880. The van der Waals surface area contributed by atoms with E-state index in [0.717, 1.165) is 11.5 Å². The van der Waals surface area contributed by atoms with Crippen molar-refractivity contribution in [3.63, 3.8) is 0 Å². The van der Waals surface area contributed by atoms with Gasteiger partial charge in [0.1, 0.15) is 18.1 Å². The van der Waals surface area contributed by atoms with Gasteiger partial charge in [0, 0.05) is 7.05 Å². The maximum absolute atomic E-state index is 11.5. The molecule has 18 heavy (non-hydrogen) atoms. The van der Waals surface area contributed by atoms with Crippen LogP contribution in [0.2, 0.25) is 0 Å². The molecule has 0 aliphatic heterocycles. The quantitative estimate of drug-likeness (QED) is 0.816. The van der Waals surface area contributed by atoms with Crippen LogP contribution < -0.4 is 15.2 Å². The third kappa shape index (κ3) is 4.25. The molecule has 0 radical (unpaired) electrons. The first-order chi connectivity index (χ1) is 8.54. The van der Waals surface area contributed by atoms with Crippen molar-refractivity contribution in [2.24, 2.45) is 5.73 Å². The monoisotopic (exact) mass is 252 g/mol. The van der Waals surface area contributed by atoms with E-state index in [1.54, 1.807) is 26.0 Å². The third-order valence-electron chi connectivity index (χ3n) is 2.52. The standard InChI is InChI=1S/C13H20N2O3/c1-10(14)13(16)15(2)8-9-18-12-6-4-11(17-3)5-7-12/h4-7,10H,8-9,14H2,1-3H3. The number of methoxy groups -OCH3 is 1. The first-order valence-corrected chi connectivity index (χ1v) is 5.82. The Morgan fingerprint density at radius 3 is 2.39 bits per heavy atom. The summed E-state index contributed by atoms with van der Waals surface area (Å²) in [6.07, 6.45) is 0. The molecule has 1 aromatic carbocycles. The smallest absolute Gasteiger partial charge is 0.239 e. The predicted molar refractivity (Wildman–Crippen MR) is 69.8 cm³/mol. The van der Waals surface area contributed by atoms with Crippen LogP contribution in [0.15, 0.2) is 24.3 Å². The number of hydrogen-bond donors (Lipinski definition) is 1. The average molecular weight is 252 g/mol. The van der Waals surface area contributed by atoms with Crippen LogP contribution in [0.5, 0.6) is 11.5 Å². The van der Waals surface area contributed by atoms with Crippen LogP contribution in [0.25, 0.3) is 0 Å². The second-order valence-electron chi connectivity index (χ2n) is 4.07. The Morgan fingerprint density at radius 2 is 1.89 bits per heavy atom. The highest BCUT2D eigenvalue weighted by Crippen LogP contribution is 2.16. The van der Waals surface area contributed by atoms with Gasteiger partial charge in [0.2, 0.25) is 5.91 Å². The maximum atomic E-state index is 11.5. The molecule has 0 saturated carbocycles. The number of likely N-dealkylation sites (N-methyl/N-ethyl adjacent to an activating group) is 1. The van der Waals surface area contributed by atoms with Gasteiger partial charge >= 0.3 is 0 Å². The van der Waals surface area contributed by atoms with E-state index in [1.807, 2.05) is 24.3 Å². The van der Waals surface area contributed by atoms with E-state index < -0.39 is 6.04 Å². The van der Waals surface area contributed by atoms with Gasteiger partial charge < -0.3 is 20.1 Å². The average Bonchev–Trinajstić information content (AvgIpc) is 2.38. The number of rotatable bonds is 6. The van der Waals surface area contributed by atoms with Crippen LogP contribution in [0.3, 0.4) is 0 Å². The molecular weight excluding hydrogens is 232 g/mol. The third-order valence-corrected chi connectivity index (χ3v) is 2.52. The minimum Gasteiger partial charge on any atom is -0.497 e. The van der Waals surface area contributed by atoms with Crippen molar-refractivity contribution in [3.8, 4) is 11.5 Å². The fourth-order valence-electron chi connectivity index (χ4n) is 1.43. The fraction of sp³-hybridized carbons (Fsp3) is 0.462. The lowest BCUT2D eigenvalue weighted by molar-refractivity contribution is -0.131. The molecule has 0 aliphatic carbocycles. The van der Waals surface area contributed by atoms with Crippen molar-refractivity contribution in [1.82, 2.24) is 4.90 Å². The number of benzene rings is 1. The van der Waals surface area contributed by atoms with Gasteiger partial charge in [-0.05, 0) is 31.2 Å². The molecule has 100 valence electrons. The maximum Gasteiger partial charge on any atom is 0.239 e. The van der Waals surface area contributed by atoms with Gasteiger partial charge in [-0.25, -0.2) is 0 Å². The number of nitrogens with zero attached hydrogens (tertiary/aromatic N) is 1. The summed E-state index contributed by atoms with van der Waals surface area (Å²) in [6, 6.07) is 6.83. The van der Waals surface area contributed by atoms with Gasteiger partial charge in [0.25, 0.3) is 0 Å². The molecule has 1 atom stereocenters. The van der Waals surface area contributed by atoms with Crippen LogP contribution >= 0.6 is 0 Å². The minimum absolute atomic E-state index is 0.0895. The van der Waals surface area contributed by atoms with Gasteiger partial charge in [0.15, 0.2) is 0 Å². The largest absolute Gasteiger partial charge is 0.497 e. The Morgan fingerprint density at radius 1 is 1.33 bits per heavy atom. The zero-order valence-corrected chi connectivity index (χ0v) is 11.1. The first kappa shape index (κ1) is 14.3. The Bertz CT molecular complexity index is 376. The van der Waals surface area contributed by atoms with Crippen LogP contribution in [0, 0.1) is 0 Å². The molecule has 5 nitrogen and oxygen atoms in total. The van der Waals surface area contributed by atoms with E-state index in [0.29, 0.717) is 13.2 Å². The summed E-state index contributed by atoms with van der Waals surface area (Å²) in [5.41, 5.74) is 5.51. The highest BCUT2D eigenvalue weighted by Gasteiger charge is 2.12. The molecule has 0 bridgehead atoms. The second kappa shape index (κ2) is 6.86. The summed E-state index contributed by atoms with van der Waals surface area (Å²) in [7, 11) is 3.33. The van der Waals surface area contributed by atoms with Crippen LogP contribution in [0.4, 0.5) is 0 Å². The van der Waals surface area contributed by atoms with Crippen molar-refractivity contribution >= 4 is 5.91 Å². The normalized spacial score (nSPS) is 11.8. The van der Waals surface area contributed by atoms with E-state index in [1.165, 1.54) is 0 Å². The van der Waals surface area contributed by atoms with E-state index in [9.17, 15) is 4.79 Å². The Labute approximate surface area is 107 Å². The van der Waals surface area contributed by atoms with Gasteiger partial charge in [0.05, 0.1) is 19.7 Å². The number of nitrogens with two attached hydrogens (primary N) is 1. The molecule has 1 amide bonds. The van der Waals surface area contributed by atoms with E-state index in [-0.39, 0.29) is 5.91 Å². The molecule has 1 rings (SSSR count). The first-order valence-electron chi connectivity index (χ1n) is 5.82. The lowest BCUT2D eigenvalue weighted by Gasteiger charge is -2.19. The van der Waals surface area contributed by atoms with Crippen molar-refractivity contribution in [1.29, 1.82) is 0 Å². The summed E-state index contributed by atoms with van der Waals surface area (Å²) >= 11 is 0. The van der Waals surface area contributed by atoms with Gasteiger partial charge in [-0.2, -0.15) is 0 Å². The lowest BCUT2D eigenvalue weighted by Crippen LogP contribution is -2.41. The molecule has 1 unspecified atom stereocenters. The van der Waals surface area contributed by atoms with Gasteiger partial charge in [-0.1, -0.05) is 0 Å². The van der Waals surface area contributed by atoms with E-state index >= 15 is 0 Å². The number of hydrogen-bond acceptors (Lipinski definition) is 4. The Kier molecular flexibility index (Phi) is 5.45. The highest BCUT2D eigenvalue weighted by atomic mass is 16.5. The Balaban J connectivity index is 2.34. The van der Waals surface area contributed by atoms with Gasteiger partial charge in [-0.3, -0.25) is 4.79 Å². The summed E-state index contributed by atoms with van der Waals surface area (Å²) in [6.45, 7) is 2.61. The topological polar surface area (TPSA) is 64.8 Å².